The molecule has 0 amide bonds. The molecule has 8 heteroatoms. The van der Waals surface area contributed by atoms with Crippen LogP contribution in [0, 0.1) is 5.92 Å². The Morgan fingerprint density at radius 2 is 1.93 bits per heavy atom. The van der Waals surface area contributed by atoms with Gasteiger partial charge in [-0.25, -0.2) is 4.79 Å². The fourth-order valence-corrected chi connectivity index (χ4v) is 3.02. The first-order chi connectivity index (χ1) is 13.8. The number of esters is 1. The Morgan fingerprint density at radius 1 is 1.17 bits per heavy atom. The molecule has 0 aliphatic rings. The Morgan fingerprint density at radius 3 is 2.62 bits per heavy atom. The summed E-state index contributed by atoms with van der Waals surface area (Å²) in [7, 11) is 0. The van der Waals surface area contributed by atoms with Crippen LogP contribution < -0.4 is 20.6 Å². The van der Waals surface area contributed by atoms with E-state index in [2.05, 4.69) is 0 Å². The van der Waals surface area contributed by atoms with Crippen LogP contribution in [-0.4, -0.2) is 12.0 Å². The van der Waals surface area contributed by atoms with Crippen LogP contribution >= 0.6 is 23.2 Å². The van der Waals surface area contributed by atoms with Gasteiger partial charge < -0.3 is 19.6 Å². The van der Waals surface area contributed by atoms with Crippen molar-refractivity contribution in [1.82, 2.24) is 0 Å². The van der Waals surface area contributed by atoms with Gasteiger partial charge in [-0.1, -0.05) is 43.5 Å². The first-order valence-electron chi connectivity index (χ1n) is 8.96. The zero-order valence-corrected chi connectivity index (χ0v) is 17.3. The lowest BCUT2D eigenvalue weighted by Crippen LogP contribution is -2.39. The molecule has 0 saturated heterocycles. The van der Waals surface area contributed by atoms with Gasteiger partial charge in [-0.3, -0.25) is 4.79 Å². The van der Waals surface area contributed by atoms with E-state index in [9.17, 15) is 9.59 Å². The lowest BCUT2D eigenvalue weighted by atomic mass is 10.0. The van der Waals surface area contributed by atoms with Gasteiger partial charge in [-0.05, 0) is 36.2 Å². The molecule has 0 saturated carbocycles. The molecular weight excluding hydrogens is 417 g/mol. The molecule has 0 fully saturated rings. The second-order valence-electron chi connectivity index (χ2n) is 6.60. The number of fused-ring (bicyclic) bond motifs is 1. The van der Waals surface area contributed by atoms with Gasteiger partial charge in [0.15, 0.2) is 0 Å². The molecule has 3 aromatic rings. The van der Waals surface area contributed by atoms with E-state index in [0.29, 0.717) is 5.02 Å². The fourth-order valence-electron chi connectivity index (χ4n) is 2.57. The SMILES string of the molecule is CC[C@@H](C)[C@H](N)C(=O)Oc1ccc2c(=O)c(Oc3ccc(Cl)cc3Cl)coc2c1. The summed E-state index contributed by atoms with van der Waals surface area (Å²) in [5.41, 5.74) is 5.73. The van der Waals surface area contributed by atoms with Crippen molar-refractivity contribution < 1.29 is 18.7 Å². The lowest BCUT2D eigenvalue weighted by molar-refractivity contribution is -0.137. The minimum atomic E-state index is -0.734. The molecule has 0 unspecified atom stereocenters. The summed E-state index contributed by atoms with van der Waals surface area (Å²) in [5, 5.41) is 0.971. The highest BCUT2D eigenvalue weighted by Gasteiger charge is 2.22. The average molecular weight is 436 g/mol. The molecule has 0 aliphatic heterocycles. The van der Waals surface area contributed by atoms with Crippen molar-refractivity contribution in [2.75, 3.05) is 0 Å². The van der Waals surface area contributed by atoms with Crippen molar-refractivity contribution in [3.63, 3.8) is 0 Å². The summed E-state index contributed by atoms with van der Waals surface area (Å²) in [5.74, 6) is -0.0879. The van der Waals surface area contributed by atoms with E-state index < -0.39 is 17.4 Å². The Labute approximate surface area is 177 Å². The van der Waals surface area contributed by atoms with Gasteiger partial charge in [0, 0.05) is 11.1 Å². The van der Waals surface area contributed by atoms with Gasteiger partial charge in [0.05, 0.1) is 10.4 Å². The molecule has 0 aliphatic carbocycles. The molecular formula is C21H19Cl2NO5. The first kappa shape index (κ1) is 21.2. The predicted octanol–water partition coefficient (Wildman–Crippen LogP) is 5.17. The molecule has 2 N–H and O–H groups in total. The molecule has 2 atom stereocenters. The van der Waals surface area contributed by atoms with Gasteiger partial charge in [0.1, 0.15) is 29.4 Å². The van der Waals surface area contributed by atoms with Crippen LogP contribution in [-0.2, 0) is 4.79 Å². The number of carbonyl (C=O) groups excluding carboxylic acids is 1. The highest BCUT2D eigenvalue weighted by Crippen LogP contribution is 2.31. The van der Waals surface area contributed by atoms with E-state index in [1.165, 1.54) is 30.5 Å². The zero-order chi connectivity index (χ0) is 21.1. The maximum Gasteiger partial charge on any atom is 0.328 e. The van der Waals surface area contributed by atoms with E-state index in [-0.39, 0.29) is 39.2 Å². The van der Waals surface area contributed by atoms with Crippen molar-refractivity contribution in [1.29, 1.82) is 0 Å². The molecule has 0 bridgehead atoms. The number of rotatable bonds is 6. The monoisotopic (exact) mass is 435 g/mol. The molecule has 0 radical (unpaired) electrons. The molecule has 0 spiro atoms. The Hall–Kier alpha value is -2.54. The number of carbonyl (C=O) groups is 1. The highest BCUT2D eigenvalue weighted by atomic mass is 35.5. The van der Waals surface area contributed by atoms with E-state index in [1.807, 2.05) is 13.8 Å². The van der Waals surface area contributed by atoms with Crippen LogP contribution in [0.3, 0.4) is 0 Å². The third-order valence-corrected chi connectivity index (χ3v) is 5.11. The van der Waals surface area contributed by atoms with Gasteiger partial charge in [-0.2, -0.15) is 0 Å². The molecule has 29 heavy (non-hydrogen) atoms. The largest absolute Gasteiger partial charge is 0.460 e. The van der Waals surface area contributed by atoms with Crippen molar-refractivity contribution in [2.24, 2.45) is 11.7 Å². The zero-order valence-electron chi connectivity index (χ0n) is 15.8. The number of ether oxygens (including phenoxy) is 2. The Balaban J connectivity index is 1.85. The lowest BCUT2D eigenvalue weighted by Gasteiger charge is -2.16. The van der Waals surface area contributed by atoms with Crippen LogP contribution in [0.5, 0.6) is 17.2 Å². The number of nitrogens with two attached hydrogens (primary N) is 1. The van der Waals surface area contributed by atoms with Crippen LogP contribution in [0.4, 0.5) is 0 Å². The second kappa shape index (κ2) is 8.86. The maximum atomic E-state index is 12.7. The van der Waals surface area contributed by atoms with E-state index in [4.69, 9.17) is 42.8 Å². The number of hydrogen-bond acceptors (Lipinski definition) is 6. The molecule has 1 heterocycles. The second-order valence-corrected chi connectivity index (χ2v) is 7.44. The van der Waals surface area contributed by atoms with Crippen LogP contribution in [0.15, 0.2) is 51.9 Å². The van der Waals surface area contributed by atoms with Gasteiger partial charge in [0.2, 0.25) is 11.2 Å². The topological polar surface area (TPSA) is 91.8 Å². The van der Waals surface area contributed by atoms with Gasteiger partial charge in [-0.15, -0.1) is 0 Å². The molecule has 3 rings (SSSR count). The summed E-state index contributed by atoms with van der Waals surface area (Å²) in [6.07, 6.45) is 1.93. The minimum Gasteiger partial charge on any atom is -0.460 e. The van der Waals surface area contributed by atoms with Crippen LogP contribution in [0.1, 0.15) is 20.3 Å². The van der Waals surface area contributed by atoms with E-state index >= 15 is 0 Å². The summed E-state index contributed by atoms with van der Waals surface area (Å²) < 4.78 is 16.4. The fraction of sp³-hybridized carbons (Fsp3) is 0.238. The van der Waals surface area contributed by atoms with E-state index in [1.54, 1.807) is 12.1 Å². The molecule has 152 valence electrons. The standard InChI is InChI=1S/C21H19Cl2NO5/c1-3-11(2)19(24)21(26)28-13-5-6-14-17(9-13)27-10-18(20(14)25)29-16-7-4-12(22)8-15(16)23/h4-11,19H,3,24H2,1-2H3/t11-,19+/m1/s1. The molecule has 2 aromatic carbocycles. The summed E-state index contributed by atoms with van der Waals surface area (Å²) >= 11 is 11.9. The average Bonchev–Trinajstić information content (AvgIpc) is 2.70. The first-order valence-corrected chi connectivity index (χ1v) is 9.71. The van der Waals surface area contributed by atoms with Crippen molar-refractivity contribution in [2.45, 2.75) is 26.3 Å². The number of benzene rings is 2. The van der Waals surface area contributed by atoms with Crippen molar-refractivity contribution in [3.05, 3.63) is 62.9 Å². The van der Waals surface area contributed by atoms with Crippen molar-refractivity contribution in [3.8, 4) is 17.2 Å². The highest BCUT2D eigenvalue weighted by molar-refractivity contribution is 6.35. The number of hydrogen-bond donors (Lipinski definition) is 1. The van der Waals surface area contributed by atoms with E-state index in [0.717, 1.165) is 6.42 Å². The van der Waals surface area contributed by atoms with Crippen molar-refractivity contribution >= 4 is 40.1 Å². The number of halogens is 2. The predicted molar refractivity (Wildman–Crippen MR) is 112 cm³/mol. The third kappa shape index (κ3) is 4.72. The Kier molecular flexibility index (Phi) is 6.47. The Bertz CT molecular complexity index is 1110. The normalized spacial score (nSPS) is 13.1. The van der Waals surface area contributed by atoms with Gasteiger partial charge >= 0.3 is 5.97 Å². The van der Waals surface area contributed by atoms with Crippen LogP contribution in [0.2, 0.25) is 10.0 Å². The summed E-state index contributed by atoms with van der Waals surface area (Å²) in [6, 6.07) is 8.37. The molecule has 6 nitrogen and oxygen atoms in total. The third-order valence-electron chi connectivity index (χ3n) is 4.58. The quantitative estimate of drug-likeness (QED) is 0.423. The van der Waals surface area contributed by atoms with Crippen LogP contribution in [0.25, 0.3) is 11.0 Å². The van der Waals surface area contributed by atoms with Gasteiger partial charge in [0.25, 0.3) is 0 Å². The minimum absolute atomic E-state index is 0.0136. The smallest absolute Gasteiger partial charge is 0.328 e. The maximum absolute atomic E-state index is 12.7. The summed E-state index contributed by atoms with van der Waals surface area (Å²) in [6.45, 7) is 3.82. The summed E-state index contributed by atoms with van der Waals surface area (Å²) in [4.78, 5) is 24.8. The molecule has 1 aromatic heterocycles.